The second-order valence-electron chi connectivity index (χ2n) is 4.69. The van der Waals surface area contributed by atoms with Gasteiger partial charge in [-0.3, -0.25) is 4.99 Å². The third-order valence-electron chi connectivity index (χ3n) is 3.58. The van der Waals surface area contributed by atoms with E-state index < -0.39 is 0 Å². The first-order valence-corrected chi connectivity index (χ1v) is 6.71. The predicted molar refractivity (Wildman–Crippen MR) is 75.7 cm³/mol. The van der Waals surface area contributed by atoms with Crippen LogP contribution in [-0.4, -0.2) is 26.0 Å². The number of aryl methyl sites for hydroxylation is 2. The molecule has 0 saturated heterocycles. The molecule has 0 fully saturated rings. The molecule has 0 radical (unpaired) electrons. The summed E-state index contributed by atoms with van der Waals surface area (Å²) in [5.41, 5.74) is 4.28. The molecule has 1 heterocycles. The van der Waals surface area contributed by atoms with Crippen molar-refractivity contribution in [2.45, 2.75) is 39.2 Å². The van der Waals surface area contributed by atoms with Crippen molar-refractivity contribution in [2.75, 3.05) is 13.7 Å². The molecule has 1 aliphatic rings. The van der Waals surface area contributed by atoms with Gasteiger partial charge in [0.2, 0.25) is 0 Å². The summed E-state index contributed by atoms with van der Waals surface area (Å²) in [6, 6.07) is 4.79. The highest BCUT2D eigenvalue weighted by atomic mass is 16.5. The number of nitrogens with zero attached hydrogens (tertiary/aromatic N) is 1. The first kappa shape index (κ1) is 12.9. The first-order chi connectivity index (χ1) is 8.78. The maximum absolute atomic E-state index is 5.38. The number of ether oxygens (including phenoxy) is 1. The molecular formula is C15H22N2O. The highest BCUT2D eigenvalue weighted by Crippen LogP contribution is 2.25. The highest BCUT2D eigenvalue weighted by molar-refractivity contribution is 5.57. The second kappa shape index (κ2) is 5.89. The van der Waals surface area contributed by atoms with Crippen molar-refractivity contribution in [1.82, 2.24) is 5.32 Å². The third kappa shape index (κ3) is 2.66. The van der Waals surface area contributed by atoms with E-state index in [-0.39, 0.29) is 0 Å². The molecule has 0 spiro atoms. The van der Waals surface area contributed by atoms with Gasteiger partial charge in [0.1, 0.15) is 5.75 Å². The van der Waals surface area contributed by atoms with Crippen molar-refractivity contribution in [3.05, 3.63) is 28.8 Å². The smallest absolute Gasteiger partial charge is 0.119 e. The number of hydrogen-bond acceptors (Lipinski definition) is 3. The van der Waals surface area contributed by atoms with Gasteiger partial charge in [-0.25, -0.2) is 0 Å². The Hall–Kier alpha value is -1.51. The molecule has 0 amide bonds. The van der Waals surface area contributed by atoms with Crippen molar-refractivity contribution >= 4 is 6.34 Å². The van der Waals surface area contributed by atoms with Crippen LogP contribution < -0.4 is 10.1 Å². The first-order valence-electron chi connectivity index (χ1n) is 6.71. The lowest BCUT2D eigenvalue weighted by atomic mass is 9.92. The van der Waals surface area contributed by atoms with E-state index in [2.05, 4.69) is 36.3 Å². The molecule has 0 saturated carbocycles. The molecule has 1 atom stereocenters. The topological polar surface area (TPSA) is 33.6 Å². The fourth-order valence-corrected chi connectivity index (χ4v) is 2.54. The minimum atomic E-state index is 0.453. The Kier molecular flexibility index (Phi) is 4.24. The summed E-state index contributed by atoms with van der Waals surface area (Å²) in [5.74, 6) is 0.975. The number of aliphatic imine (C=N–C) groups is 1. The zero-order valence-corrected chi connectivity index (χ0v) is 11.5. The molecule has 0 bridgehead atoms. The summed E-state index contributed by atoms with van der Waals surface area (Å²) in [4.78, 5) is 4.24. The standard InChI is InChI=1S/C15H22N2O/c1-4-11-6-14(18-3)7-12(5-2)15(11)8-13-9-16-10-17-13/h6-7,10,13H,4-5,8-9H2,1-3H3,(H,16,17). The van der Waals surface area contributed by atoms with Gasteiger partial charge in [-0.05, 0) is 48.1 Å². The van der Waals surface area contributed by atoms with Gasteiger partial charge >= 0.3 is 0 Å². The van der Waals surface area contributed by atoms with Crippen LogP contribution in [0.1, 0.15) is 30.5 Å². The summed E-state index contributed by atoms with van der Waals surface area (Å²) in [6.07, 6.45) is 4.97. The zero-order valence-electron chi connectivity index (χ0n) is 11.5. The van der Waals surface area contributed by atoms with E-state index in [4.69, 9.17) is 4.74 Å². The largest absolute Gasteiger partial charge is 0.497 e. The van der Waals surface area contributed by atoms with Crippen LogP contribution in [0.25, 0.3) is 0 Å². The molecule has 0 aliphatic carbocycles. The van der Waals surface area contributed by atoms with Crippen LogP contribution >= 0.6 is 0 Å². The van der Waals surface area contributed by atoms with Gasteiger partial charge in [0.15, 0.2) is 0 Å². The van der Waals surface area contributed by atoms with Crippen LogP contribution in [0, 0.1) is 0 Å². The Morgan fingerprint density at radius 1 is 1.28 bits per heavy atom. The lowest BCUT2D eigenvalue weighted by Crippen LogP contribution is -2.28. The van der Waals surface area contributed by atoms with Crippen LogP contribution in [0.5, 0.6) is 5.75 Å². The molecule has 1 N–H and O–H groups in total. The number of methoxy groups -OCH3 is 1. The van der Waals surface area contributed by atoms with E-state index in [1.165, 1.54) is 16.7 Å². The molecule has 1 unspecified atom stereocenters. The van der Waals surface area contributed by atoms with Crippen LogP contribution in [-0.2, 0) is 19.3 Å². The Labute approximate surface area is 109 Å². The molecule has 0 aromatic heterocycles. The maximum Gasteiger partial charge on any atom is 0.119 e. The van der Waals surface area contributed by atoms with Gasteiger partial charge in [0.25, 0.3) is 0 Å². The van der Waals surface area contributed by atoms with Gasteiger partial charge in [0, 0.05) is 0 Å². The van der Waals surface area contributed by atoms with Crippen LogP contribution in [0.15, 0.2) is 17.1 Å². The van der Waals surface area contributed by atoms with E-state index in [1.807, 2.05) is 6.34 Å². The molecule has 3 nitrogen and oxygen atoms in total. The van der Waals surface area contributed by atoms with Crippen molar-refractivity contribution in [3.8, 4) is 5.75 Å². The maximum atomic E-state index is 5.38. The molecule has 98 valence electrons. The van der Waals surface area contributed by atoms with Gasteiger partial charge in [0.05, 0.1) is 26.0 Å². The number of benzene rings is 1. The van der Waals surface area contributed by atoms with Gasteiger partial charge < -0.3 is 10.1 Å². The van der Waals surface area contributed by atoms with E-state index in [0.29, 0.717) is 6.04 Å². The van der Waals surface area contributed by atoms with E-state index in [0.717, 1.165) is 31.6 Å². The fraction of sp³-hybridized carbons (Fsp3) is 0.533. The lowest BCUT2D eigenvalue weighted by molar-refractivity contribution is 0.413. The summed E-state index contributed by atoms with van der Waals surface area (Å²) in [5, 5.41) is 3.31. The van der Waals surface area contributed by atoms with Crippen LogP contribution in [0.2, 0.25) is 0 Å². The van der Waals surface area contributed by atoms with E-state index in [1.54, 1.807) is 7.11 Å². The van der Waals surface area contributed by atoms with E-state index in [9.17, 15) is 0 Å². The SMILES string of the molecule is CCc1cc(OC)cc(CC)c1CC1CN=CN1. The minimum Gasteiger partial charge on any atom is -0.497 e. The van der Waals surface area contributed by atoms with Gasteiger partial charge in [-0.15, -0.1) is 0 Å². The quantitative estimate of drug-likeness (QED) is 0.865. The Morgan fingerprint density at radius 2 is 1.94 bits per heavy atom. The Morgan fingerprint density at radius 3 is 2.39 bits per heavy atom. The Bertz CT molecular complexity index is 407. The molecule has 3 heteroatoms. The highest BCUT2D eigenvalue weighted by Gasteiger charge is 2.16. The Balaban J connectivity index is 2.30. The lowest BCUT2D eigenvalue weighted by Gasteiger charge is -2.18. The zero-order chi connectivity index (χ0) is 13.0. The van der Waals surface area contributed by atoms with Crippen LogP contribution in [0.4, 0.5) is 0 Å². The fourth-order valence-electron chi connectivity index (χ4n) is 2.54. The molecule has 1 aromatic carbocycles. The number of nitrogens with one attached hydrogen (secondary N) is 1. The molecule has 18 heavy (non-hydrogen) atoms. The monoisotopic (exact) mass is 246 g/mol. The van der Waals surface area contributed by atoms with Crippen molar-refractivity contribution in [3.63, 3.8) is 0 Å². The minimum absolute atomic E-state index is 0.453. The third-order valence-corrected chi connectivity index (χ3v) is 3.58. The summed E-state index contributed by atoms with van der Waals surface area (Å²) in [6.45, 7) is 5.30. The molecule has 1 aliphatic heterocycles. The van der Waals surface area contributed by atoms with E-state index >= 15 is 0 Å². The normalized spacial score (nSPS) is 17.8. The summed E-state index contributed by atoms with van der Waals surface area (Å²) in [7, 11) is 1.74. The second-order valence-corrected chi connectivity index (χ2v) is 4.69. The van der Waals surface area contributed by atoms with Crippen molar-refractivity contribution < 1.29 is 4.74 Å². The molecule has 2 rings (SSSR count). The predicted octanol–water partition coefficient (Wildman–Crippen LogP) is 2.36. The number of rotatable bonds is 5. The van der Waals surface area contributed by atoms with Gasteiger partial charge in [-0.1, -0.05) is 13.8 Å². The van der Waals surface area contributed by atoms with Crippen molar-refractivity contribution in [2.24, 2.45) is 4.99 Å². The molecular weight excluding hydrogens is 224 g/mol. The summed E-state index contributed by atoms with van der Waals surface area (Å²) < 4.78 is 5.38. The number of hydrogen-bond donors (Lipinski definition) is 1. The summed E-state index contributed by atoms with van der Waals surface area (Å²) >= 11 is 0. The average molecular weight is 246 g/mol. The molecule has 1 aromatic rings. The van der Waals surface area contributed by atoms with Gasteiger partial charge in [-0.2, -0.15) is 0 Å². The average Bonchev–Trinajstić information content (AvgIpc) is 2.91. The van der Waals surface area contributed by atoms with Crippen molar-refractivity contribution in [1.29, 1.82) is 0 Å². The van der Waals surface area contributed by atoms with Crippen LogP contribution in [0.3, 0.4) is 0 Å².